The fraction of sp³-hybridized carbons (Fsp3) is 0.407. The van der Waals surface area contributed by atoms with E-state index in [0.29, 0.717) is 16.5 Å². The van der Waals surface area contributed by atoms with E-state index in [-0.39, 0.29) is 11.8 Å². The molecule has 1 aromatic heterocycles. The summed E-state index contributed by atoms with van der Waals surface area (Å²) in [4.78, 5) is 25.3. The number of carboxylic acid groups (broad SMARTS) is 1. The molecule has 0 saturated heterocycles. The Hall–Kier alpha value is -2.99. The van der Waals surface area contributed by atoms with Gasteiger partial charge in [0.25, 0.3) is 5.91 Å². The van der Waals surface area contributed by atoms with Crippen LogP contribution in [0, 0.1) is 5.92 Å². The van der Waals surface area contributed by atoms with Crippen LogP contribution in [-0.2, 0) is 17.4 Å². The number of carbonyl (C=O) groups is 2. The number of hydrogen-bond acceptors (Lipinski definition) is 3. The van der Waals surface area contributed by atoms with Gasteiger partial charge in [0.15, 0.2) is 0 Å². The van der Waals surface area contributed by atoms with Gasteiger partial charge in [-0.15, -0.1) is 0 Å². The molecule has 0 radical (unpaired) electrons. The summed E-state index contributed by atoms with van der Waals surface area (Å²) in [7, 11) is 3.43. The first-order valence-electron chi connectivity index (χ1n) is 11.8. The van der Waals surface area contributed by atoms with Crippen LogP contribution < -0.4 is 10.1 Å². The molecule has 1 atom stereocenters. The second kappa shape index (κ2) is 8.66. The van der Waals surface area contributed by atoms with Crippen molar-refractivity contribution in [3.63, 3.8) is 0 Å². The number of carbonyl (C=O) groups excluding carboxylic acids is 1. The second-order valence-electron chi connectivity index (χ2n) is 9.62. The van der Waals surface area contributed by atoms with E-state index in [1.807, 2.05) is 41.9 Å². The lowest BCUT2D eigenvalue weighted by molar-refractivity contribution is -0.141. The zero-order chi connectivity index (χ0) is 24.0. The number of aryl methyl sites for hydroxylation is 1. The third-order valence-electron chi connectivity index (χ3n) is 7.85. The lowest BCUT2D eigenvalue weighted by Crippen LogP contribution is -2.51. The summed E-state index contributed by atoms with van der Waals surface area (Å²) in [5, 5.41) is 14.3. The number of fused-ring (bicyclic) bond motifs is 1. The SMILES string of the molecule is COc1ccc2c(cc(C(=O)NC3(c4ccc(C(C(=O)O)C5CCC5)cc4)CCC3)n2C)c1Cl. The highest BCUT2D eigenvalue weighted by atomic mass is 35.5. The van der Waals surface area contributed by atoms with Crippen molar-refractivity contribution >= 4 is 34.4 Å². The van der Waals surface area contributed by atoms with Gasteiger partial charge in [-0.3, -0.25) is 9.59 Å². The van der Waals surface area contributed by atoms with Crippen molar-refractivity contribution in [1.29, 1.82) is 0 Å². The molecule has 2 saturated carbocycles. The topological polar surface area (TPSA) is 80.6 Å². The first-order valence-corrected chi connectivity index (χ1v) is 12.2. The maximum atomic E-state index is 13.4. The Morgan fingerprint density at radius 1 is 1.15 bits per heavy atom. The highest BCUT2D eigenvalue weighted by Gasteiger charge is 2.41. The number of aliphatic carboxylic acids is 1. The van der Waals surface area contributed by atoms with Crippen molar-refractivity contribution in [3.05, 3.63) is 64.3 Å². The van der Waals surface area contributed by atoms with Crippen LogP contribution in [0.5, 0.6) is 5.75 Å². The lowest BCUT2D eigenvalue weighted by Gasteiger charge is -2.43. The van der Waals surface area contributed by atoms with Crippen molar-refractivity contribution in [3.8, 4) is 5.75 Å². The molecular weight excluding hydrogens is 452 g/mol. The Labute approximate surface area is 203 Å². The van der Waals surface area contributed by atoms with Crippen LogP contribution in [0.15, 0.2) is 42.5 Å². The molecule has 2 N–H and O–H groups in total. The number of amides is 1. The highest BCUT2D eigenvalue weighted by Crippen LogP contribution is 2.44. The minimum absolute atomic E-state index is 0.157. The number of hydrogen-bond donors (Lipinski definition) is 2. The molecule has 0 aliphatic heterocycles. The molecular formula is C27H29ClN2O4. The normalized spacial score (nSPS) is 18.1. The molecule has 0 bridgehead atoms. The zero-order valence-electron chi connectivity index (χ0n) is 19.4. The molecule has 1 heterocycles. The maximum Gasteiger partial charge on any atom is 0.311 e. The first kappa shape index (κ1) is 22.8. The average molecular weight is 481 g/mol. The van der Waals surface area contributed by atoms with Crippen LogP contribution in [0.2, 0.25) is 5.02 Å². The lowest BCUT2D eigenvalue weighted by atomic mass is 9.70. The Morgan fingerprint density at radius 3 is 2.38 bits per heavy atom. The third kappa shape index (κ3) is 3.65. The van der Waals surface area contributed by atoms with Gasteiger partial charge >= 0.3 is 5.97 Å². The van der Waals surface area contributed by atoms with Crippen LogP contribution in [-0.4, -0.2) is 28.7 Å². The molecule has 6 nitrogen and oxygen atoms in total. The summed E-state index contributed by atoms with van der Waals surface area (Å²) in [5.74, 6) is -0.570. The van der Waals surface area contributed by atoms with Crippen LogP contribution >= 0.6 is 11.6 Å². The molecule has 5 rings (SSSR count). The maximum absolute atomic E-state index is 13.4. The number of nitrogens with one attached hydrogen (secondary N) is 1. The molecule has 2 aromatic carbocycles. The molecule has 2 aliphatic carbocycles. The van der Waals surface area contributed by atoms with Crippen molar-refractivity contribution in [1.82, 2.24) is 9.88 Å². The summed E-state index contributed by atoms with van der Waals surface area (Å²) < 4.78 is 7.16. The summed E-state index contributed by atoms with van der Waals surface area (Å²) in [6, 6.07) is 13.4. The van der Waals surface area contributed by atoms with Gasteiger partial charge in [-0.05, 0) is 67.3 Å². The second-order valence-corrected chi connectivity index (χ2v) is 10.00. The van der Waals surface area contributed by atoms with Crippen LogP contribution in [0.25, 0.3) is 10.9 Å². The molecule has 3 aromatic rings. The number of methoxy groups -OCH3 is 1. The van der Waals surface area contributed by atoms with Gasteiger partial charge in [-0.1, -0.05) is 42.3 Å². The van der Waals surface area contributed by atoms with E-state index in [2.05, 4.69) is 5.32 Å². The molecule has 1 amide bonds. The minimum atomic E-state index is -0.754. The van der Waals surface area contributed by atoms with E-state index in [1.54, 1.807) is 19.2 Å². The molecule has 7 heteroatoms. The Balaban J connectivity index is 1.41. The Bertz CT molecular complexity index is 1260. The number of carboxylic acids is 1. The van der Waals surface area contributed by atoms with Gasteiger partial charge in [0, 0.05) is 12.4 Å². The fourth-order valence-electron chi connectivity index (χ4n) is 5.43. The van der Waals surface area contributed by atoms with E-state index in [1.165, 1.54) is 0 Å². The zero-order valence-corrected chi connectivity index (χ0v) is 20.2. The number of aromatic nitrogens is 1. The summed E-state index contributed by atoms with van der Waals surface area (Å²) in [6.45, 7) is 0. The van der Waals surface area contributed by atoms with Crippen molar-refractivity contribution in [2.75, 3.05) is 7.11 Å². The van der Waals surface area contributed by atoms with Crippen LogP contribution in [0.3, 0.4) is 0 Å². The van der Waals surface area contributed by atoms with Crippen molar-refractivity contribution in [2.45, 2.75) is 50.0 Å². The molecule has 34 heavy (non-hydrogen) atoms. The van der Waals surface area contributed by atoms with E-state index in [4.69, 9.17) is 16.3 Å². The largest absolute Gasteiger partial charge is 0.495 e. The average Bonchev–Trinajstić information content (AvgIpc) is 3.11. The predicted molar refractivity (Wildman–Crippen MR) is 132 cm³/mol. The van der Waals surface area contributed by atoms with Gasteiger partial charge < -0.3 is 19.7 Å². The van der Waals surface area contributed by atoms with Gasteiger partial charge in [-0.2, -0.15) is 0 Å². The van der Waals surface area contributed by atoms with E-state index >= 15 is 0 Å². The highest BCUT2D eigenvalue weighted by molar-refractivity contribution is 6.37. The summed E-state index contributed by atoms with van der Waals surface area (Å²) in [5.41, 5.74) is 2.82. The molecule has 178 valence electrons. The monoisotopic (exact) mass is 480 g/mol. The predicted octanol–water partition coefficient (Wildman–Crippen LogP) is 5.62. The van der Waals surface area contributed by atoms with Gasteiger partial charge in [0.05, 0.1) is 29.1 Å². The molecule has 2 aliphatic rings. The van der Waals surface area contributed by atoms with Gasteiger partial charge in [0.2, 0.25) is 0 Å². The third-order valence-corrected chi connectivity index (χ3v) is 8.24. The van der Waals surface area contributed by atoms with Crippen LogP contribution in [0.1, 0.15) is 66.1 Å². The quantitative estimate of drug-likeness (QED) is 0.460. The summed E-state index contributed by atoms with van der Waals surface area (Å²) in [6.07, 6.45) is 5.77. The smallest absolute Gasteiger partial charge is 0.311 e. The Morgan fingerprint density at radius 2 is 1.85 bits per heavy atom. The number of nitrogens with zero attached hydrogens (tertiary/aromatic N) is 1. The van der Waals surface area contributed by atoms with Crippen LogP contribution in [0.4, 0.5) is 0 Å². The van der Waals surface area contributed by atoms with Crippen molar-refractivity contribution < 1.29 is 19.4 Å². The molecule has 2 fully saturated rings. The Kier molecular flexibility index (Phi) is 5.80. The number of benzene rings is 2. The number of rotatable bonds is 7. The van der Waals surface area contributed by atoms with E-state index in [0.717, 1.165) is 60.6 Å². The number of ether oxygens (including phenoxy) is 1. The molecule has 1 unspecified atom stereocenters. The fourth-order valence-corrected chi connectivity index (χ4v) is 5.72. The molecule has 0 spiro atoms. The van der Waals surface area contributed by atoms with Gasteiger partial charge in [0.1, 0.15) is 11.4 Å². The summed E-state index contributed by atoms with van der Waals surface area (Å²) >= 11 is 6.49. The van der Waals surface area contributed by atoms with E-state index in [9.17, 15) is 14.7 Å². The minimum Gasteiger partial charge on any atom is -0.495 e. The van der Waals surface area contributed by atoms with Gasteiger partial charge in [-0.25, -0.2) is 0 Å². The standard InChI is InChI=1S/C27H29ClN2O4/c1-30-20-11-12-22(34-2)24(28)19(20)15-21(30)25(31)29-27(13-4-14-27)18-9-7-17(8-10-18)23(26(32)33)16-5-3-6-16/h7-12,15-16,23H,3-6,13-14H2,1-2H3,(H,29,31)(H,32,33). The first-order chi connectivity index (χ1) is 16.3. The van der Waals surface area contributed by atoms with E-state index < -0.39 is 17.4 Å². The number of halogens is 1. The van der Waals surface area contributed by atoms with Crippen molar-refractivity contribution in [2.24, 2.45) is 13.0 Å².